The fraction of sp³-hybridized carbons (Fsp3) is 0.833. The number of alkyl halides is 3. The Balaban J connectivity index is 2.19. The van der Waals surface area contributed by atoms with Crippen LogP contribution in [0.15, 0.2) is 0 Å². The highest BCUT2D eigenvalue weighted by atomic mass is 19.4. The molecule has 0 unspecified atom stereocenters. The summed E-state index contributed by atoms with van der Waals surface area (Å²) in [5.41, 5.74) is 0. The third-order valence-electron chi connectivity index (χ3n) is 3.38. The van der Waals surface area contributed by atoms with Crippen molar-refractivity contribution in [1.29, 1.82) is 0 Å². The summed E-state index contributed by atoms with van der Waals surface area (Å²) >= 11 is 0. The topological polar surface area (TPSA) is 66.4 Å². The van der Waals surface area contributed by atoms with E-state index in [4.69, 9.17) is 5.11 Å². The molecule has 7 heteroatoms. The first-order valence-electron chi connectivity index (χ1n) is 6.37. The van der Waals surface area contributed by atoms with Gasteiger partial charge in [0.25, 0.3) is 0 Å². The average Bonchev–Trinajstić information content (AvgIpc) is 2.33. The van der Waals surface area contributed by atoms with E-state index in [2.05, 4.69) is 5.32 Å². The van der Waals surface area contributed by atoms with Crippen molar-refractivity contribution in [1.82, 2.24) is 5.32 Å². The SMILES string of the molecule is O=C(O)C1CCC(C(=O)NCCCC(F)(F)F)CC1. The molecule has 1 aliphatic carbocycles. The van der Waals surface area contributed by atoms with E-state index in [0.717, 1.165) is 0 Å². The van der Waals surface area contributed by atoms with E-state index in [0.29, 0.717) is 25.7 Å². The zero-order valence-electron chi connectivity index (χ0n) is 10.5. The fourth-order valence-corrected chi connectivity index (χ4v) is 2.25. The number of carbonyl (C=O) groups excluding carboxylic acids is 1. The molecule has 0 spiro atoms. The first kappa shape index (κ1) is 15.8. The maximum Gasteiger partial charge on any atom is 0.389 e. The first-order chi connectivity index (χ1) is 8.79. The second-order valence-corrected chi connectivity index (χ2v) is 4.90. The quantitative estimate of drug-likeness (QED) is 0.760. The van der Waals surface area contributed by atoms with Crippen molar-refractivity contribution in [3.63, 3.8) is 0 Å². The highest BCUT2D eigenvalue weighted by molar-refractivity contribution is 5.79. The van der Waals surface area contributed by atoms with E-state index in [-0.39, 0.29) is 24.8 Å². The maximum atomic E-state index is 11.9. The summed E-state index contributed by atoms with van der Waals surface area (Å²) in [7, 11) is 0. The second-order valence-electron chi connectivity index (χ2n) is 4.90. The van der Waals surface area contributed by atoms with Crippen molar-refractivity contribution in [2.75, 3.05) is 6.54 Å². The van der Waals surface area contributed by atoms with Crippen molar-refractivity contribution in [3.8, 4) is 0 Å². The minimum atomic E-state index is -4.19. The molecule has 0 aromatic rings. The maximum absolute atomic E-state index is 11.9. The second kappa shape index (κ2) is 6.77. The van der Waals surface area contributed by atoms with Gasteiger partial charge in [0.05, 0.1) is 5.92 Å². The van der Waals surface area contributed by atoms with Gasteiger partial charge in [-0.05, 0) is 32.1 Å². The molecule has 0 heterocycles. The van der Waals surface area contributed by atoms with Gasteiger partial charge in [-0.2, -0.15) is 13.2 Å². The zero-order chi connectivity index (χ0) is 14.5. The summed E-state index contributed by atoms with van der Waals surface area (Å²) in [5.74, 6) is -1.76. The van der Waals surface area contributed by atoms with Crippen molar-refractivity contribution >= 4 is 11.9 Å². The van der Waals surface area contributed by atoms with Crippen LogP contribution < -0.4 is 5.32 Å². The zero-order valence-corrected chi connectivity index (χ0v) is 10.5. The van der Waals surface area contributed by atoms with E-state index >= 15 is 0 Å². The minimum Gasteiger partial charge on any atom is -0.481 e. The molecule has 0 aromatic carbocycles. The van der Waals surface area contributed by atoms with E-state index in [1.807, 2.05) is 0 Å². The predicted octanol–water partition coefficient (Wildman–Crippen LogP) is 2.34. The molecule has 110 valence electrons. The molecular formula is C12H18F3NO3. The molecule has 1 aliphatic rings. The molecule has 0 radical (unpaired) electrons. The largest absolute Gasteiger partial charge is 0.481 e. The fourth-order valence-electron chi connectivity index (χ4n) is 2.25. The Morgan fingerprint density at radius 3 is 2.11 bits per heavy atom. The van der Waals surface area contributed by atoms with Crippen LogP contribution in [0.3, 0.4) is 0 Å². The van der Waals surface area contributed by atoms with Crippen molar-refractivity contribution in [2.45, 2.75) is 44.7 Å². The van der Waals surface area contributed by atoms with Gasteiger partial charge in [0.2, 0.25) is 5.91 Å². The van der Waals surface area contributed by atoms with Gasteiger partial charge in [-0.15, -0.1) is 0 Å². The summed E-state index contributed by atoms with van der Waals surface area (Å²) in [5, 5.41) is 11.3. The van der Waals surface area contributed by atoms with Crippen LogP contribution in [0.4, 0.5) is 13.2 Å². The normalized spacial score (nSPS) is 23.9. The van der Waals surface area contributed by atoms with Gasteiger partial charge < -0.3 is 10.4 Å². The van der Waals surface area contributed by atoms with Crippen LogP contribution in [0.2, 0.25) is 0 Å². The van der Waals surface area contributed by atoms with Crippen LogP contribution in [-0.4, -0.2) is 29.7 Å². The highest BCUT2D eigenvalue weighted by Gasteiger charge is 2.30. The molecule has 1 fully saturated rings. The number of nitrogens with one attached hydrogen (secondary N) is 1. The van der Waals surface area contributed by atoms with Crippen LogP contribution >= 0.6 is 0 Å². The Kier molecular flexibility index (Phi) is 5.62. The Morgan fingerprint density at radius 2 is 1.63 bits per heavy atom. The Hall–Kier alpha value is -1.27. The molecule has 19 heavy (non-hydrogen) atoms. The number of amides is 1. The number of carboxylic acids is 1. The van der Waals surface area contributed by atoms with Gasteiger partial charge in [-0.25, -0.2) is 0 Å². The molecule has 4 nitrogen and oxygen atoms in total. The molecule has 0 aromatic heterocycles. The predicted molar refractivity (Wildman–Crippen MR) is 61.4 cm³/mol. The van der Waals surface area contributed by atoms with Crippen molar-refractivity contribution in [3.05, 3.63) is 0 Å². The number of aliphatic carboxylic acids is 1. The summed E-state index contributed by atoms with van der Waals surface area (Å²) < 4.78 is 35.7. The molecule has 0 saturated heterocycles. The summed E-state index contributed by atoms with van der Waals surface area (Å²) in [6.45, 7) is 0.0111. The van der Waals surface area contributed by atoms with Crippen LogP contribution in [0.25, 0.3) is 0 Å². The van der Waals surface area contributed by atoms with Crippen molar-refractivity contribution in [2.24, 2.45) is 11.8 Å². The molecule has 1 amide bonds. The van der Waals surface area contributed by atoms with Crippen LogP contribution in [0.1, 0.15) is 38.5 Å². The van der Waals surface area contributed by atoms with E-state index in [1.54, 1.807) is 0 Å². The van der Waals surface area contributed by atoms with Gasteiger partial charge in [0.15, 0.2) is 0 Å². The van der Waals surface area contributed by atoms with E-state index < -0.39 is 24.5 Å². The molecule has 1 saturated carbocycles. The standard InChI is InChI=1S/C12H18F3NO3/c13-12(14,15)6-1-7-16-10(17)8-2-4-9(5-3-8)11(18)19/h8-9H,1-7H2,(H,16,17)(H,18,19). The number of hydrogen-bond acceptors (Lipinski definition) is 2. The molecular weight excluding hydrogens is 263 g/mol. The lowest BCUT2D eigenvalue weighted by atomic mass is 9.81. The molecule has 0 bridgehead atoms. The van der Waals surface area contributed by atoms with Crippen molar-refractivity contribution < 1.29 is 27.9 Å². The van der Waals surface area contributed by atoms with Crippen LogP contribution in [-0.2, 0) is 9.59 Å². The van der Waals surface area contributed by atoms with Crippen LogP contribution in [0, 0.1) is 11.8 Å². The highest BCUT2D eigenvalue weighted by Crippen LogP contribution is 2.29. The summed E-state index contributed by atoms with van der Waals surface area (Å²) in [6.07, 6.45) is -3.33. The Morgan fingerprint density at radius 1 is 1.11 bits per heavy atom. The third-order valence-corrected chi connectivity index (χ3v) is 3.38. The lowest BCUT2D eigenvalue weighted by Crippen LogP contribution is -2.35. The summed E-state index contributed by atoms with van der Waals surface area (Å²) in [4.78, 5) is 22.4. The molecule has 2 N–H and O–H groups in total. The van der Waals surface area contributed by atoms with E-state index in [1.165, 1.54) is 0 Å². The monoisotopic (exact) mass is 281 g/mol. The van der Waals surface area contributed by atoms with Gasteiger partial charge in [0, 0.05) is 18.9 Å². The Labute approximate surface area is 109 Å². The number of carbonyl (C=O) groups is 2. The Bertz CT molecular complexity index is 323. The van der Waals surface area contributed by atoms with Gasteiger partial charge >= 0.3 is 12.1 Å². The number of carboxylic acid groups (broad SMARTS) is 1. The molecule has 0 atom stereocenters. The van der Waals surface area contributed by atoms with Gasteiger partial charge in [0.1, 0.15) is 0 Å². The first-order valence-corrected chi connectivity index (χ1v) is 6.37. The number of halogens is 3. The van der Waals surface area contributed by atoms with Gasteiger partial charge in [-0.3, -0.25) is 9.59 Å². The minimum absolute atomic E-state index is 0.0111. The number of rotatable bonds is 5. The van der Waals surface area contributed by atoms with Crippen LogP contribution in [0.5, 0.6) is 0 Å². The lowest BCUT2D eigenvalue weighted by Gasteiger charge is -2.25. The summed E-state index contributed by atoms with van der Waals surface area (Å²) in [6, 6.07) is 0. The lowest BCUT2D eigenvalue weighted by molar-refractivity contribution is -0.144. The average molecular weight is 281 g/mol. The number of hydrogen-bond donors (Lipinski definition) is 2. The third kappa shape index (κ3) is 5.94. The smallest absolute Gasteiger partial charge is 0.389 e. The molecule has 1 rings (SSSR count). The van der Waals surface area contributed by atoms with Gasteiger partial charge in [-0.1, -0.05) is 0 Å². The molecule has 0 aliphatic heterocycles. The van der Waals surface area contributed by atoms with E-state index in [9.17, 15) is 22.8 Å².